The van der Waals surface area contributed by atoms with Crippen molar-refractivity contribution in [2.75, 3.05) is 0 Å². The van der Waals surface area contributed by atoms with Crippen molar-refractivity contribution in [1.82, 2.24) is 34.9 Å². The first-order chi connectivity index (χ1) is 26.7. The van der Waals surface area contributed by atoms with E-state index in [1.807, 2.05) is 66.7 Å². The van der Waals surface area contributed by atoms with Crippen LogP contribution in [0.5, 0.6) is 0 Å². The summed E-state index contributed by atoms with van der Waals surface area (Å²) < 4.78 is 12.5. The second kappa shape index (κ2) is 12.0. The maximum atomic E-state index is 6.38. The number of rotatable bonds is 5. The lowest BCUT2D eigenvalue weighted by Crippen LogP contribution is -2.01. The molecule has 9 heteroatoms. The molecule has 0 saturated carbocycles. The lowest BCUT2D eigenvalue weighted by Gasteiger charge is -2.11. The number of oxazole rings is 1. The van der Waals surface area contributed by atoms with Crippen LogP contribution in [0.15, 0.2) is 161 Å². The molecule has 0 saturated heterocycles. The summed E-state index contributed by atoms with van der Waals surface area (Å²) in [6, 6.07) is 42.4. The van der Waals surface area contributed by atoms with Gasteiger partial charge in [-0.1, -0.05) is 72.8 Å². The average molecular weight is 696 g/mol. The second-order valence-corrected chi connectivity index (χ2v) is 13.0. The van der Waals surface area contributed by atoms with E-state index in [1.165, 1.54) is 0 Å². The van der Waals surface area contributed by atoms with E-state index < -0.39 is 0 Å². The summed E-state index contributed by atoms with van der Waals surface area (Å²) in [5.41, 5.74) is 10.1. The molecule has 11 rings (SSSR count). The number of hydrogen-bond donors (Lipinski definition) is 0. The highest BCUT2D eigenvalue weighted by atomic mass is 16.4. The van der Waals surface area contributed by atoms with Crippen LogP contribution in [-0.4, -0.2) is 34.9 Å². The van der Waals surface area contributed by atoms with E-state index in [0.717, 1.165) is 82.6 Å². The highest BCUT2D eigenvalue weighted by Gasteiger charge is 2.18. The van der Waals surface area contributed by atoms with E-state index in [0.29, 0.717) is 28.9 Å². The van der Waals surface area contributed by atoms with E-state index in [9.17, 15) is 0 Å². The lowest BCUT2D eigenvalue weighted by atomic mass is 9.95. The van der Waals surface area contributed by atoms with Crippen molar-refractivity contribution < 1.29 is 8.83 Å². The maximum Gasteiger partial charge on any atom is 0.227 e. The molecule has 6 aromatic heterocycles. The molecule has 9 nitrogen and oxygen atoms in total. The Balaban J connectivity index is 0.988. The zero-order chi connectivity index (χ0) is 35.6. The van der Waals surface area contributed by atoms with Crippen LogP contribution in [0.1, 0.15) is 0 Å². The summed E-state index contributed by atoms with van der Waals surface area (Å²) >= 11 is 0. The van der Waals surface area contributed by atoms with E-state index >= 15 is 0 Å². The molecule has 252 valence electrons. The summed E-state index contributed by atoms with van der Waals surface area (Å²) in [5.74, 6) is 2.18. The predicted octanol–water partition coefficient (Wildman–Crippen LogP) is 10.7. The molecule has 0 bridgehead atoms. The minimum atomic E-state index is 0.518. The van der Waals surface area contributed by atoms with Crippen molar-refractivity contribution in [3.63, 3.8) is 0 Å². The fourth-order valence-electron chi connectivity index (χ4n) is 7.22. The topological polar surface area (TPSA) is 117 Å². The molecule has 11 aromatic rings. The summed E-state index contributed by atoms with van der Waals surface area (Å²) in [7, 11) is 0. The van der Waals surface area contributed by atoms with E-state index in [2.05, 4.69) is 75.6 Å². The Morgan fingerprint density at radius 2 is 1.09 bits per heavy atom. The number of furan rings is 1. The zero-order valence-electron chi connectivity index (χ0n) is 28.4. The Hall–Kier alpha value is -7.65. The van der Waals surface area contributed by atoms with Crippen LogP contribution in [0.2, 0.25) is 0 Å². The summed E-state index contributed by atoms with van der Waals surface area (Å²) in [5, 5.41) is 4.21. The van der Waals surface area contributed by atoms with Gasteiger partial charge in [0.15, 0.2) is 23.1 Å². The monoisotopic (exact) mass is 695 g/mol. The van der Waals surface area contributed by atoms with Crippen molar-refractivity contribution in [2.45, 2.75) is 0 Å². The minimum Gasteiger partial charge on any atom is -0.456 e. The van der Waals surface area contributed by atoms with Gasteiger partial charge < -0.3 is 8.83 Å². The number of pyridine rings is 3. The molecule has 0 aliphatic carbocycles. The van der Waals surface area contributed by atoms with Gasteiger partial charge in [0.1, 0.15) is 16.7 Å². The normalized spacial score (nSPS) is 11.7. The lowest BCUT2D eigenvalue weighted by molar-refractivity contribution is 0.618. The molecule has 0 fully saturated rings. The Labute approximate surface area is 306 Å². The third-order valence-electron chi connectivity index (χ3n) is 9.80. The van der Waals surface area contributed by atoms with Gasteiger partial charge in [-0.05, 0) is 70.4 Å². The SMILES string of the molecule is c1cnc2c(-c3nc(-c4ccncc4)nc(-c4ccc(-c5cccc6c(-c7nc8cc9c(cc8o7)oc7ccccc79)cccc56)cc4)n3)ccnc2c1. The third kappa shape index (κ3) is 4.91. The van der Waals surface area contributed by atoms with E-state index in [1.54, 1.807) is 24.8 Å². The Morgan fingerprint density at radius 3 is 1.94 bits per heavy atom. The minimum absolute atomic E-state index is 0.518. The van der Waals surface area contributed by atoms with Crippen molar-refractivity contribution in [3.05, 3.63) is 152 Å². The molecule has 0 N–H and O–H groups in total. The molecule has 6 heterocycles. The first kappa shape index (κ1) is 30.0. The first-order valence-corrected chi connectivity index (χ1v) is 17.4. The van der Waals surface area contributed by atoms with Crippen LogP contribution in [0.3, 0.4) is 0 Å². The largest absolute Gasteiger partial charge is 0.456 e. The zero-order valence-corrected chi connectivity index (χ0v) is 28.4. The number of aromatic nitrogens is 7. The van der Waals surface area contributed by atoms with Gasteiger partial charge in [-0.25, -0.2) is 19.9 Å². The van der Waals surface area contributed by atoms with Crippen molar-refractivity contribution in [1.29, 1.82) is 0 Å². The molecule has 0 radical (unpaired) electrons. The molecule has 0 unspecified atom stereocenters. The fourth-order valence-corrected chi connectivity index (χ4v) is 7.22. The van der Waals surface area contributed by atoms with Crippen molar-refractivity contribution >= 4 is 54.8 Å². The first-order valence-electron chi connectivity index (χ1n) is 17.4. The van der Waals surface area contributed by atoms with Gasteiger partial charge in [0.05, 0.1) is 11.0 Å². The van der Waals surface area contributed by atoms with E-state index in [-0.39, 0.29) is 0 Å². The second-order valence-electron chi connectivity index (χ2n) is 13.0. The van der Waals surface area contributed by atoms with Crippen LogP contribution in [0, 0.1) is 0 Å². The van der Waals surface area contributed by atoms with Crippen LogP contribution < -0.4 is 0 Å². The van der Waals surface area contributed by atoms with Crippen molar-refractivity contribution in [3.8, 4) is 56.7 Å². The highest BCUT2D eigenvalue weighted by molar-refractivity contribution is 6.09. The number of fused-ring (bicyclic) bond motifs is 6. The Kier molecular flexibility index (Phi) is 6.65. The maximum absolute atomic E-state index is 6.38. The van der Waals surface area contributed by atoms with Gasteiger partial charge in [0.2, 0.25) is 5.89 Å². The molecule has 5 aromatic carbocycles. The standard InChI is InChI=1S/C45H25N7O2/c1-2-12-38-32(6-1)35-24-37-40(25-39(35)53-38)54-45(49-37)33-10-4-8-30-29(7-3-9-31(30)33)26-13-15-27(16-14-26)42-50-43(28-17-21-46-22-18-28)52-44(51-42)34-19-23-47-36-11-5-20-48-41(34)36/h1-25H. The summed E-state index contributed by atoms with van der Waals surface area (Å²) in [4.78, 5) is 33.0. The van der Waals surface area contributed by atoms with Gasteiger partial charge >= 0.3 is 0 Å². The molecule has 0 aliphatic heterocycles. The number of hydrogen-bond acceptors (Lipinski definition) is 9. The molecule has 0 amide bonds. The number of benzene rings is 5. The van der Waals surface area contributed by atoms with E-state index in [4.69, 9.17) is 28.8 Å². The Bertz CT molecular complexity index is 3220. The molecular formula is C45H25N7O2. The summed E-state index contributed by atoms with van der Waals surface area (Å²) in [6.07, 6.45) is 6.97. The quantitative estimate of drug-likeness (QED) is 0.173. The molecule has 0 atom stereocenters. The highest BCUT2D eigenvalue weighted by Crippen LogP contribution is 2.38. The Morgan fingerprint density at radius 1 is 0.370 bits per heavy atom. The average Bonchev–Trinajstić information content (AvgIpc) is 3.83. The van der Waals surface area contributed by atoms with Gasteiger partial charge in [-0.15, -0.1) is 0 Å². The molecule has 0 aliphatic rings. The third-order valence-corrected chi connectivity index (χ3v) is 9.80. The van der Waals surface area contributed by atoms with Gasteiger partial charge in [-0.3, -0.25) is 15.0 Å². The summed E-state index contributed by atoms with van der Waals surface area (Å²) in [6.45, 7) is 0. The number of nitrogens with zero attached hydrogens (tertiary/aromatic N) is 7. The molecule has 54 heavy (non-hydrogen) atoms. The smallest absolute Gasteiger partial charge is 0.227 e. The van der Waals surface area contributed by atoms with Gasteiger partial charge in [0, 0.05) is 63.9 Å². The van der Waals surface area contributed by atoms with Gasteiger partial charge in [-0.2, -0.15) is 0 Å². The number of para-hydroxylation sites is 1. The van der Waals surface area contributed by atoms with Gasteiger partial charge in [0.25, 0.3) is 0 Å². The molecule has 0 spiro atoms. The van der Waals surface area contributed by atoms with Crippen LogP contribution in [-0.2, 0) is 0 Å². The van der Waals surface area contributed by atoms with Crippen LogP contribution >= 0.6 is 0 Å². The predicted molar refractivity (Wildman–Crippen MR) is 210 cm³/mol. The van der Waals surface area contributed by atoms with Crippen molar-refractivity contribution in [2.24, 2.45) is 0 Å². The fraction of sp³-hybridized carbons (Fsp3) is 0. The molecular weight excluding hydrogens is 671 g/mol. The van der Waals surface area contributed by atoms with Crippen LogP contribution in [0.25, 0.3) is 112 Å². The van der Waals surface area contributed by atoms with Crippen LogP contribution in [0.4, 0.5) is 0 Å².